The van der Waals surface area contributed by atoms with Crippen molar-refractivity contribution in [3.05, 3.63) is 51.7 Å². The van der Waals surface area contributed by atoms with Gasteiger partial charge in [0.05, 0.1) is 12.0 Å². The smallest absolute Gasteiger partial charge is 0.335 e. The average Bonchev–Trinajstić information content (AvgIpc) is 3.06. The molecule has 3 rings (SSSR count). The van der Waals surface area contributed by atoms with Crippen LogP contribution in [-0.2, 0) is 17.6 Å². The fourth-order valence-electron chi connectivity index (χ4n) is 2.43. The minimum atomic E-state index is -0.967. The molecule has 0 spiro atoms. The molecule has 1 aromatic carbocycles. The summed E-state index contributed by atoms with van der Waals surface area (Å²) >= 11 is 1.56. The Balaban J connectivity index is 1.86. The van der Waals surface area contributed by atoms with E-state index in [1.165, 1.54) is 0 Å². The summed E-state index contributed by atoms with van der Waals surface area (Å²) in [5, 5.41) is 11.0. The monoisotopic (exact) mass is 287 g/mol. The van der Waals surface area contributed by atoms with Gasteiger partial charge in [-0.3, -0.25) is 4.79 Å². The van der Waals surface area contributed by atoms with Crippen LogP contribution in [0.4, 0.5) is 5.69 Å². The second-order valence-corrected chi connectivity index (χ2v) is 5.73. The molecule has 0 aliphatic carbocycles. The van der Waals surface area contributed by atoms with Crippen LogP contribution in [0.5, 0.6) is 0 Å². The number of anilines is 1. The van der Waals surface area contributed by atoms with Crippen LogP contribution >= 0.6 is 11.3 Å². The minimum Gasteiger partial charge on any atom is -0.478 e. The van der Waals surface area contributed by atoms with Crippen LogP contribution in [0.15, 0.2) is 35.7 Å². The summed E-state index contributed by atoms with van der Waals surface area (Å²) < 4.78 is 0. The van der Waals surface area contributed by atoms with Gasteiger partial charge < -0.3 is 10.0 Å². The van der Waals surface area contributed by atoms with Gasteiger partial charge in [0.25, 0.3) is 0 Å². The fraction of sp³-hybridized carbons (Fsp3) is 0.200. The molecule has 0 bridgehead atoms. The van der Waals surface area contributed by atoms with Crippen molar-refractivity contribution in [1.82, 2.24) is 0 Å². The minimum absolute atomic E-state index is 0.0220. The molecule has 4 nitrogen and oxygen atoms in total. The van der Waals surface area contributed by atoms with E-state index in [0.717, 1.165) is 22.5 Å². The summed E-state index contributed by atoms with van der Waals surface area (Å²) in [6.45, 7) is 0.628. The maximum atomic E-state index is 12.3. The van der Waals surface area contributed by atoms with E-state index in [-0.39, 0.29) is 11.5 Å². The summed E-state index contributed by atoms with van der Waals surface area (Å²) in [4.78, 5) is 26.1. The number of amides is 1. The topological polar surface area (TPSA) is 57.6 Å². The van der Waals surface area contributed by atoms with Crippen molar-refractivity contribution in [3.63, 3.8) is 0 Å². The lowest BCUT2D eigenvalue weighted by atomic mass is 10.1. The number of carbonyl (C=O) groups is 2. The third kappa shape index (κ3) is 2.32. The molecular weight excluding hydrogens is 274 g/mol. The second-order valence-electron chi connectivity index (χ2n) is 4.70. The number of hydrogen-bond donors (Lipinski definition) is 1. The van der Waals surface area contributed by atoms with E-state index < -0.39 is 5.97 Å². The highest BCUT2D eigenvalue weighted by atomic mass is 32.1. The molecule has 0 fully saturated rings. The molecule has 1 N–H and O–H groups in total. The fourth-order valence-corrected chi connectivity index (χ4v) is 3.12. The van der Waals surface area contributed by atoms with Crippen LogP contribution in [0.3, 0.4) is 0 Å². The van der Waals surface area contributed by atoms with Crippen LogP contribution < -0.4 is 4.90 Å². The SMILES string of the molecule is O=C(O)c1ccc2c(c1)N(C(=O)Cc1cccs1)CC2. The van der Waals surface area contributed by atoms with Gasteiger partial charge in [-0.15, -0.1) is 11.3 Å². The predicted molar refractivity (Wildman–Crippen MR) is 77.5 cm³/mol. The number of carboxylic acids is 1. The zero-order chi connectivity index (χ0) is 14.1. The summed E-state index contributed by atoms with van der Waals surface area (Å²) in [6.07, 6.45) is 1.15. The predicted octanol–water partition coefficient (Wildman–Crippen LogP) is 2.58. The molecule has 2 heterocycles. The van der Waals surface area contributed by atoms with Gasteiger partial charge in [-0.1, -0.05) is 12.1 Å². The number of hydrogen-bond acceptors (Lipinski definition) is 3. The zero-order valence-electron chi connectivity index (χ0n) is 10.7. The van der Waals surface area contributed by atoms with Gasteiger partial charge >= 0.3 is 5.97 Å². The van der Waals surface area contributed by atoms with Crippen molar-refractivity contribution in [2.75, 3.05) is 11.4 Å². The number of rotatable bonds is 3. The van der Waals surface area contributed by atoms with Gasteiger partial charge in [0.1, 0.15) is 0 Å². The Morgan fingerprint density at radius 3 is 2.85 bits per heavy atom. The number of benzene rings is 1. The molecule has 0 atom stereocenters. The van der Waals surface area contributed by atoms with Gasteiger partial charge in [-0.05, 0) is 35.6 Å². The van der Waals surface area contributed by atoms with Gasteiger partial charge in [0, 0.05) is 17.1 Å². The number of carboxylic acid groups (broad SMARTS) is 1. The first-order valence-corrected chi connectivity index (χ1v) is 7.22. The van der Waals surface area contributed by atoms with Crippen LogP contribution in [-0.4, -0.2) is 23.5 Å². The van der Waals surface area contributed by atoms with Crippen molar-refractivity contribution in [3.8, 4) is 0 Å². The second kappa shape index (κ2) is 5.09. The first kappa shape index (κ1) is 12.9. The van der Waals surface area contributed by atoms with Crippen LogP contribution in [0.2, 0.25) is 0 Å². The van der Waals surface area contributed by atoms with E-state index in [0.29, 0.717) is 13.0 Å². The number of fused-ring (bicyclic) bond motifs is 1. The van der Waals surface area contributed by atoms with Crippen molar-refractivity contribution < 1.29 is 14.7 Å². The molecule has 0 radical (unpaired) electrons. The zero-order valence-corrected chi connectivity index (χ0v) is 11.5. The molecule has 1 aliphatic rings. The van der Waals surface area contributed by atoms with E-state index in [4.69, 9.17) is 5.11 Å². The number of carbonyl (C=O) groups excluding carboxylic acids is 1. The third-order valence-corrected chi connectivity index (χ3v) is 4.31. The highest BCUT2D eigenvalue weighted by molar-refractivity contribution is 7.10. The highest BCUT2D eigenvalue weighted by Gasteiger charge is 2.25. The molecule has 0 saturated carbocycles. The summed E-state index contributed by atoms with van der Waals surface area (Å²) in [7, 11) is 0. The normalized spacial score (nSPS) is 13.3. The van der Waals surface area contributed by atoms with Gasteiger partial charge in [0.2, 0.25) is 5.91 Å². The Morgan fingerprint density at radius 1 is 1.30 bits per heavy atom. The Hall–Kier alpha value is -2.14. The van der Waals surface area contributed by atoms with Crippen molar-refractivity contribution in [1.29, 1.82) is 0 Å². The largest absolute Gasteiger partial charge is 0.478 e. The highest BCUT2D eigenvalue weighted by Crippen LogP contribution is 2.30. The maximum absolute atomic E-state index is 12.3. The lowest BCUT2D eigenvalue weighted by molar-refractivity contribution is -0.117. The molecule has 102 valence electrons. The van der Waals surface area contributed by atoms with Crippen LogP contribution in [0.25, 0.3) is 0 Å². The van der Waals surface area contributed by atoms with Crippen LogP contribution in [0, 0.1) is 0 Å². The molecule has 1 aliphatic heterocycles. The molecule has 0 saturated heterocycles. The Morgan fingerprint density at radius 2 is 2.15 bits per heavy atom. The van der Waals surface area contributed by atoms with Crippen molar-refractivity contribution in [2.45, 2.75) is 12.8 Å². The molecule has 1 aromatic heterocycles. The number of nitrogens with zero attached hydrogens (tertiary/aromatic N) is 1. The third-order valence-electron chi connectivity index (χ3n) is 3.43. The molecular formula is C15H13NO3S. The Bertz CT molecular complexity index is 664. The summed E-state index contributed by atoms with van der Waals surface area (Å²) in [5.74, 6) is -0.945. The molecule has 1 amide bonds. The summed E-state index contributed by atoms with van der Waals surface area (Å²) in [5.41, 5.74) is 2.00. The van der Waals surface area contributed by atoms with Gasteiger partial charge in [0.15, 0.2) is 0 Å². The van der Waals surface area contributed by atoms with E-state index in [1.54, 1.807) is 34.4 Å². The lowest BCUT2D eigenvalue weighted by Crippen LogP contribution is -2.30. The standard InChI is InChI=1S/C15H13NO3S/c17-14(9-12-2-1-7-20-12)16-6-5-10-3-4-11(15(18)19)8-13(10)16/h1-4,7-8H,5-6,9H2,(H,18,19). The molecule has 0 unspecified atom stereocenters. The van der Waals surface area contributed by atoms with Crippen molar-refractivity contribution >= 4 is 28.9 Å². The number of thiophene rings is 1. The van der Waals surface area contributed by atoms with Gasteiger partial charge in [-0.2, -0.15) is 0 Å². The first-order chi connectivity index (χ1) is 9.65. The number of aromatic carboxylic acids is 1. The Labute approximate surface area is 120 Å². The average molecular weight is 287 g/mol. The molecule has 5 heteroatoms. The van der Waals surface area contributed by atoms with E-state index in [2.05, 4.69) is 0 Å². The van der Waals surface area contributed by atoms with E-state index in [9.17, 15) is 9.59 Å². The van der Waals surface area contributed by atoms with E-state index in [1.807, 2.05) is 17.5 Å². The summed E-state index contributed by atoms with van der Waals surface area (Å²) in [6, 6.07) is 8.85. The van der Waals surface area contributed by atoms with Crippen LogP contribution in [0.1, 0.15) is 20.8 Å². The quantitative estimate of drug-likeness (QED) is 0.944. The lowest BCUT2D eigenvalue weighted by Gasteiger charge is -2.17. The first-order valence-electron chi connectivity index (χ1n) is 6.34. The van der Waals surface area contributed by atoms with Crippen molar-refractivity contribution in [2.24, 2.45) is 0 Å². The molecule has 2 aromatic rings. The maximum Gasteiger partial charge on any atom is 0.335 e. The Kier molecular flexibility index (Phi) is 3.28. The van der Waals surface area contributed by atoms with Gasteiger partial charge in [-0.25, -0.2) is 4.79 Å². The molecule has 20 heavy (non-hydrogen) atoms. The van der Waals surface area contributed by atoms with E-state index >= 15 is 0 Å².